The normalized spacial score (nSPS) is 21.3. The minimum Gasteiger partial charge on any atom is -0.595 e. The molecule has 5 rings (SSSR count). The van der Waals surface area contributed by atoms with Gasteiger partial charge in [0, 0.05) is 41.7 Å². The van der Waals surface area contributed by atoms with Crippen molar-refractivity contribution in [3.05, 3.63) is 70.6 Å². The Labute approximate surface area is 191 Å². The van der Waals surface area contributed by atoms with Gasteiger partial charge in [-0.25, -0.2) is 5.21 Å². The number of H-pyrrole nitrogens is 1. The van der Waals surface area contributed by atoms with E-state index in [-0.39, 0.29) is 24.0 Å². The number of nitrogens with zero attached hydrogens (tertiary/aromatic N) is 2. The number of aromatic amines is 1. The van der Waals surface area contributed by atoms with Crippen LogP contribution in [0.25, 0.3) is 10.9 Å². The zero-order chi connectivity index (χ0) is 23.1. The number of benzene rings is 2. The van der Waals surface area contributed by atoms with Gasteiger partial charge in [-0.1, -0.05) is 50.1 Å². The van der Waals surface area contributed by atoms with Gasteiger partial charge in [-0.2, -0.15) is 5.23 Å². The summed E-state index contributed by atoms with van der Waals surface area (Å²) in [5.41, 5.74) is 3.89. The number of fused-ring (bicyclic) bond motifs is 4. The first-order chi connectivity index (χ1) is 16.0. The number of aromatic nitrogens is 1. The largest absolute Gasteiger partial charge is 0.595 e. The molecular formula is C25H28N4O4. The molecule has 3 aromatic rings. The second kappa shape index (κ2) is 8.62. The second-order valence-corrected chi connectivity index (χ2v) is 8.88. The highest BCUT2D eigenvalue weighted by molar-refractivity contribution is 5.97. The van der Waals surface area contributed by atoms with Gasteiger partial charge in [0.25, 0.3) is 0 Å². The first-order valence-corrected chi connectivity index (χ1v) is 11.5. The Balaban J connectivity index is 1.60. The van der Waals surface area contributed by atoms with Gasteiger partial charge >= 0.3 is 0 Å². The molecule has 1 aromatic heterocycles. The van der Waals surface area contributed by atoms with E-state index >= 15 is 0 Å². The Kier molecular flexibility index (Phi) is 5.65. The van der Waals surface area contributed by atoms with Crippen LogP contribution in [-0.2, 0) is 16.0 Å². The molecule has 172 valence electrons. The number of hydrogen-bond acceptors (Lipinski definition) is 4. The summed E-state index contributed by atoms with van der Waals surface area (Å²) in [5.74, 6) is -0.0819. The van der Waals surface area contributed by atoms with Crippen molar-refractivity contribution in [2.24, 2.45) is 0 Å². The Bertz CT molecular complexity index is 1190. The van der Waals surface area contributed by atoms with Crippen LogP contribution in [0.2, 0.25) is 0 Å². The third-order valence-electron chi connectivity index (χ3n) is 6.85. The van der Waals surface area contributed by atoms with E-state index in [2.05, 4.69) is 11.9 Å². The number of carbonyl (C=O) groups is 2. The van der Waals surface area contributed by atoms with Gasteiger partial charge < -0.3 is 20.0 Å². The van der Waals surface area contributed by atoms with Gasteiger partial charge in [-0.05, 0) is 23.6 Å². The topological polar surface area (TPSA) is 104 Å². The number of unbranched alkanes of at least 4 members (excludes halogenated alkanes) is 2. The van der Waals surface area contributed by atoms with E-state index in [0.29, 0.717) is 13.0 Å². The molecule has 33 heavy (non-hydrogen) atoms. The molecule has 2 unspecified atom stereocenters. The summed E-state index contributed by atoms with van der Waals surface area (Å²) in [7, 11) is 0. The monoisotopic (exact) mass is 448 g/mol. The fourth-order valence-corrected chi connectivity index (χ4v) is 5.22. The summed E-state index contributed by atoms with van der Waals surface area (Å²) < 4.78 is 0. The number of piperazine rings is 1. The predicted octanol–water partition coefficient (Wildman–Crippen LogP) is 2.45. The van der Waals surface area contributed by atoms with Gasteiger partial charge in [0.15, 0.2) is 5.69 Å². The van der Waals surface area contributed by atoms with Crippen LogP contribution in [-0.4, -0.2) is 50.9 Å². The molecule has 0 radical (unpaired) electrons. The number of para-hydroxylation sites is 1. The van der Waals surface area contributed by atoms with E-state index in [1.807, 2.05) is 24.3 Å². The van der Waals surface area contributed by atoms with E-state index in [1.54, 1.807) is 34.1 Å². The van der Waals surface area contributed by atoms with E-state index in [0.717, 1.165) is 47.0 Å². The number of carbonyl (C=O) groups excluding carboxylic acids is 2. The fraction of sp³-hybridized carbons (Fsp3) is 0.360. The minimum atomic E-state index is -0.999. The summed E-state index contributed by atoms with van der Waals surface area (Å²) in [4.78, 5) is 33.9. The number of nitrogens with one attached hydrogen (secondary N) is 2. The van der Waals surface area contributed by atoms with E-state index in [1.165, 1.54) is 0 Å². The standard InChI is InChI=1S/C25H28N4O4/c1-2-3-6-13-27-15-22(30)28-21(25(27)31)14-19-18-7-4-5-8-20(18)26-23(19)24(28)16-9-11-17(12-10-16)29(32)33/h4-5,7-12,21,24,26,29,32H,2-3,6,13-15H2,1H3/t21-,24?/m0/s1. The Morgan fingerprint density at radius 1 is 1.12 bits per heavy atom. The molecule has 3 heterocycles. The van der Waals surface area contributed by atoms with Crippen LogP contribution in [0.5, 0.6) is 0 Å². The van der Waals surface area contributed by atoms with Gasteiger partial charge in [-0.15, -0.1) is 0 Å². The van der Waals surface area contributed by atoms with Crippen LogP contribution in [0, 0.1) is 5.21 Å². The maximum absolute atomic E-state index is 13.5. The summed E-state index contributed by atoms with van der Waals surface area (Å²) in [6.07, 6.45) is 3.44. The Morgan fingerprint density at radius 2 is 1.88 bits per heavy atom. The molecule has 0 spiro atoms. The van der Waals surface area contributed by atoms with E-state index in [4.69, 9.17) is 0 Å². The van der Waals surface area contributed by atoms with Gasteiger partial charge in [-0.3, -0.25) is 9.59 Å². The van der Waals surface area contributed by atoms with Crippen molar-refractivity contribution >= 4 is 28.4 Å². The lowest BCUT2D eigenvalue weighted by Gasteiger charge is -2.47. The molecule has 2 aliphatic heterocycles. The van der Waals surface area contributed by atoms with Crippen LogP contribution >= 0.6 is 0 Å². The molecule has 1 saturated heterocycles. The lowest BCUT2D eigenvalue weighted by atomic mass is 9.86. The summed E-state index contributed by atoms with van der Waals surface area (Å²) >= 11 is 0. The third kappa shape index (κ3) is 3.70. The van der Waals surface area contributed by atoms with Gasteiger partial charge in [0.1, 0.15) is 6.04 Å². The Hall–Kier alpha value is -3.20. The molecule has 0 aliphatic carbocycles. The number of quaternary nitrogens is 1. The van der Waals surface area contributed by atoms with Crippen LogP contribution in [0.4, 0.5) is 5.69 Å². The fourth-order valence-electron chi connectivity index (χ4n) is 5.22. The maximum atomic E-state index is 13.5. The van der Waals surface area contributed by atoms with Gasteiger partial charge in [0.2, 0.25) is 11.8 Å². The summed E-state index contributed by atoms with van der Waals surface area (Å²) in [6.45, 7) is 2.80. The van der Waals surface area contributed by atoms with Gasteiger partial charge in [0.05, 0.1) is 12.6 Å². The van der Waals surface area contributed by atoms with Crippen LogP contribution in [0.1, 0.15) is 49.0 Å². The second-order valence-electron chi connectivity index (χ2n) is 8.88. The molecular weight excluding hydrogens is 420 g/mol. The first-order valence-electron chi connectivity index (χ1n) is 11.5. The van der Waals surface area contributed by atoms with E-state index < -0.39 is 17.3 Å². The predicted molar refractivity (Wildman–Crippen MR) is 123 cm³/mol. The smallest absolute Gasteiger partial charge is 0.246 e. The SMILES string of the molecule is CCCCCN1CC(=O)N2C(c3ccc([NH+]([O-])O)cc3)c3[nH]c4ccccc4c3C[C@H]2C1=O. The van der Waals surface area contributed by atoms with Crippen molar-refractivity contribution in [2.75, 3.05) is 13.1 Å². The van der Waals surface area contributed by atoms with Crippen molar-refractivity contribution in [3.8, 4) is 0 Å². The molecule has 3 N–H and O–H groups in total. The number of hydrogen-bond donors (Lipinski definition) is 3. The molecule has 1 fully saturated rings. The quantitative estimate of drug-likeness (QED) is 0.398. The number of amides is 2. The molecule has 0 bridgehead atoms. The lowest BCUT2D eigenvalue weighted by Crippen LogP contribution is -2.99. The third-order valence-corrected chi connectivity index (χ3v) is 6.85. The molecule has 2 aliphatic rings. The number of rotatable bonds is 6. The van der Waals surface area contributed by atoms with Crippen molar-refractivity contribution < 1.29 is 20.0 Å². The van der Waals surface area contributed by atoms with Crippen molar-refractivity contribution in [1.82, 2.24) is 14.8 Å². The average Bonchev–Trinajstić information content (AvgIpc) is 3.19. The maximum Gasteiger partial charge on any atom is 0.246 e. The minimum absolute atomic E-state index is 0.00575. The highest BCUT2D eigenvalue weighted by atomic mass is 16.8. The molecule has 2 aromatic carbocycles. The molecule has 2 amide bonds. The van der Waals surface area contributed by atoms with Crippen molar-refractivity contribution in [1.29, 1.82) is 0 Å². The van der Waals surface area contributed by atoms with Crippen molar-refractivity contribution in [3.63, 3.8) is 0 Å². The Morgan fingerprint density at radius 3 is 2.61 bits per heavy atom. The molecule has 3 atom stereocenters. The summed E-state index contributed by atoms with van der Waals surface area (Å²) in [6, 6.07) is 13.5. The molecule has 0 saturated carbocycles. The zero-order valence-corrected chi connectivity index (χ0v) is 18.6. The van der Waals surface area contributed by atoms with E-state index in [9.17, 15) is 20.0 Å². The average molecular weight is 449 g/mol. The highest BCUT2D eigenvalue weighted by Gasteiger charge is 2.48. The lowest BCUT2D eigenvalue weighted by molar-refractivity contribution is -0.991. The first kappa shape index (κ1) is 21.6. The molecule has 8 nitrogen and oxygen atoms in total. The zero-order valence-electron chi connectivity index (χ0n) is 18.6. The van der Waals surface area contributed by atoms with Crippen LogP contribution in [0.3, 0.4) is 0 Å². The van der Waals surface area contributed by atoms with Crippen LogP contribution < -0.4 is 5.23 Å². The molecule has 8 heteroatoms. The van der Waals surface area contributed by atoms with Crippen molar-refractivity contribution in [2.45, 2.75) is 44.7 Å². The highest BCUT2D eigenvalue weighted by Crippen LogP contribution is 2.42. The summed E-state index contributed by atoms with van der Waals surface area (Å²) in [5, 5.41) is 20.7. The van der Waals surface area contributed by atoms with Crippen LogP contribution in [0.15, 0.2) is 48.5 Å².